The molecule has 2 heterocycles. The zero-order chi connectivity index (χ0) is 11.8. The lowest BCUT2D eigenvalue weighted by Crippen LogP contribution is -2.33. The molecule has 1 aromatic heterocycles. The van der Waals surface area contributed by atoms with Crippen LogP contribution in [0.2, 0.25) is 0 Å². The van der Waals surface area contributed by atoms with Gasteiger partial charge in [-0.05, 0) is 30.9 Å². The Bertz CT molecular complexity index is 523. The third kappa shape index (κ3) is 1.84. The maximum Gasteiger partial charge on any atom is 0.0672 e. The smallest absolute Gasteiger partial charge is 0.0672 e. The van der Waals surface area contributed by atoms with Gasteiger partial charge in [0.05, 0.1) is 23.1 Å². The van der Waals surface area contributed by atoms with E-state index in [4.69, 9.17) is 5.73 Å². The number of nitrogens with one attached hydrogen (secondary N) is 1. The number of piperidine rings is 1. The van der Waals surface area contributed by atoms with Gasteiger partial charge in [-0.1, -0.05) is 6.92 Å². The van der Waals surface area contributed by atoms with E-state index in [1.54, 1.807) is 0 Å². The number of benzene rings is 1. The first kappa shape index (κ1) is 10.4. The summed E-state index contributed by atoms with van der Waals surface area (Å²) in [6.07, 6.45) is 4.31. The van der Waals surface area contributed by atoms with Crippen LogP contribution in [-0.4, -0.2) is 23.3 Å². The van der Waals surface area contributed by atoms with Gasteiger partial charge in [-0.15, -0.1) is 0 Å². The molecule has 4 nitrogen and oxygen atoms in total. The van der Waals surface area contributed by atoms with E-state index in [0.717, 1.165) is 41.3 Å². The first-order valence-corrected chi connectivity index (χ1v) is 6.21. The molecule has 4 heteroatoms. The zero-order valence-electron chi connectivity index (χ0n) is 10.1. The highest BCUT2D eigenvalue weighted by Gasteiger charge is 2.18. The number of nitrogens with two attached hydrogens (primary N) is 1. The van der Waals surface area contributed by atoms with Gasteiger partial charge in [0.25, 0.3) is 0 Å². The third-order valence-corrected chi connectivity index (χ3v) is 3.71. The second-order valence-corrected chi connectivity index (χ2v) is 5.04. The van der Waals surface area contributed by atoms with Gasteiger partial charge in [-0.25, -0.2) is 0 Å². The lowest BCUT2D eigenvalue weighted by Gasteiger charge is -2.32. The van der Waals surface area contributed by atoms with Gasteiger partial charge in [-0.2, -0.15) is 5.10 Å². The summed E-state index contributed by atoms with van der Waals surface area (Å²) in [5.74, 6) is 0.836. The number of nitrogen functional groups attached to an aromatic ring is 1. The first-order chi connectivity index (χ1) is 8.24. The van der Waals surface area contributed by atoms with Crippen LogP contribution in [0.3, 0.4) is 0 Å². The van der Waals surface area contributed by atoms with E-state index < -0.39 is 0 Å². The topological polar surface area (TPSA) is 57.9 Å². The normalized spacial score (nSPS) is 17.8. The SMILES string of the molecule is CC1CCN(c2cc3[nH]ncc3cc2N)CC1. The molecule has 2 aromatic rings. The van der Waals surface area contributed by atoms with E-state index >= 15 is 0 Å². The number of hydrogen-bond acceptors (Lipinski definition) is 3. The molecule has 0 bridgehead atoms. The molecule has 0 amide bonds. The van der Waals surface area contributed by atoms with Gasteiger partial charge in [0.2, 0.25) is 0 Å². The minimum absolute atomic E-state index is 0.836. The summed E-state index contributed by atoms with van der Waals surface area (Å²) in [6, 6.07) is 4.12. The predicted molar refractivity (Wildman–Crippen MR) is 71.1 cm³/mol. The molecule has 17 heavy (non-hydrogen) atoms. The van der Waals surface area contributed by atoms with Crippen LogP contribution < -0.4 is 10.6 Å². The number of hydrogen-bond donors (Lipinski definition) is 2. The number of rotatable bonds is 1. The van der Waals surface area contributed by atoms with E-state index in [2.05, 4.69) is 28.1 Å². The van der Waals surface area contributed by atoms with Gasteiger partial charge in [0.1, 0.15) is 0 Å². The summed E-state index contributed by atoms with van der Waals surface area (Å²) < 4.78 is 0. The number of anilines is 2. The molecule has 0 unspecified atom stereocenters. The minimum atomic E-state index is 0.836. The van der Waals surface area contributed by atoms with Crippen molar-refractivity contribution in [3.05, 3.63) is 18.3 Å². The average Bonchev–Trinajstić information content (AvgIpc) is 2.76. The van der Waals surface area contributed by atoms with E-state index in [1.807, 2.05) is 12.3 Å². The first-order valence-electron chi connectivity index (χ1n) is 6.21. The molecular weight excluding hydrogens is 212 g/mol. The van der Waals surface area contributed by atoms with Crippen LogP contribution in [0.1, 0.15) is 19.8 Å². The number of aromatic amines is 1. The van der Waals surface area contributed by atoms with Crippen LogP contribution in [-0.2, 0) is 0 Å². The van der Waals surface area contributed by atoms with Gasteiger partial charge in [0.15, 0.2) is 0 Å². The standard InChI is InChI=1S/C13H18N4/c1-9-2-4-17(5-3-9)13-7-12-10(6-11(13)14)8-15-16-12/h6-9H,2-5,14H2,1H3,(H,15,16). The molecule has 3 rings (SSSR count). The van der Waals surface area contributed by atoms with Crippen LogP contribution in [0.25, 0.3) is 10.9 Å². The van der Waals surface area contributed by atoms with E-state index in [-0.39, 0.29) is 0 Å². The van der Waals surface area contributed by atoms with Crippen LogP contribution in [0.15, 0.2) is 18.3 Å². The van der Waals surface area contributed by atoms with Gasteiger partial charge < -0.3 is 10.6 Å². The monoisotopic (exact) mass is 230 g/mol. The minimum Gasteiger partial charge on any atom is -0.397 e. The van der Waals surface area contributed by atoms with Crippen molar-refractivity contribution in [2.24, 2.45) is 5.92 Å². The van der Waals surface area contributed by atoms with Gasteiger partial charge >= 0.3 is 0 Å². The van der Waals surface area contributed by atoms with Crippen LogP contribution in [0.5, 0.6) is 0 Å². The number of nitrogens with zero attached hydrogens (tertiary/aromatic N) is 2. The lowest BCUT2D eigenvalue weighted by molar-refractivity contribution is 0.439. The highest BCUT2D eigenvalue weighted by molar-refractivity contribution is 5.88. The fraction of sp³-hybridized carbons (Fsp3) is 0.462. The number of H-pyrrole nitrogens is 1. The Kier molecular flexibility index (Phi) is 2.42. The summed E-state index contributed by atoms with van der Waals surface area (Å²) in [6.45, 7) is 4.52. The van der Waals surface area contributed by atoms with E-state index in [1.165, 1.54) is 12.8 Å². The second kappa shape index (κ2) is 3.95. The maximum absolute atomic E-state index is 6.13. The Labute approximate surface area is 101 Å². The second-order valence-electron chi connectivity index (χ2n) is 5.04. The Morgan fingerprint density at radius 3 is 2.88 bits per heavy atom. The molecule has 0 atom stereocenters. The van der Waals surface area contributed by atoms with E-state index in [9.17, 15) is 0 Å². The molecule has 1 saturated heterocycles. The quantitative estimate of drug-likeness (QED) is 0.739. The molecule has 0 saturated carbocycles. The van der Waals surface area contributed by atoms with Crippen LogP contribution in [0.4, 0.5) is 11.4 Å². The molecule has 3 N–H and O–H groups in total. The summed E-state index contributed by atoms with van der Waals surface area (Å²) >= 11 is 0. The summed E-state index contributed by atoms with van der Waals surface area (Å²) in [4.78, 5) is 2.38. The van der Waals surface area contributed by atoms with Crippen LogP contribution >= 0.6 is 0 Å². The highest BCUT2D eigenvalue weighted by atomic mass is 15.1. The molecule has 1 aromatic carbocycles. The number of fused-ring (bicyclic) bond motifs is 1. The Hall–Kier alpha value is -1.71. The van der Waals surface area contributed by atoms with Crippen molar-refractivity contribution in [3.8, 4) is 0 Å². The van der Waals surface area contributed by atoms with Gasteiger partial charge in [0, 0.05) is 18.5 Å². The summed E-state index contributed by atoms with van der Waals surface area (Å²) in [5, 5.41) is 8.12. The summed E-state index contributed by atoms with van der Waals surface area (Å²) in [7, 11) is 0. The number of aromatic nitrogens is 2. The molecule has 0 spiro atoms. The van der Waals surface area contributed by atoms with Crippen molar-refractivity contribution in [2.75, 3.05) is 23.7 Å². The third-order valence-electron chi connectivity index (χ3n) is 3.71. The zero-order valence-corrected chi connectivity index (χ0v) is 10.1. The Morgan fingerprint density at radius 1 is 1.35 bits per heavy atom. The predicted octanol–water partition coefficient (Wildman–Crippen LogP) is 2.38. The van der Waals surface area contributed by atoms with Crippen molar-refractivity contribution in [3.63, 3.8) is 0 Å². The largest absolute Gasteiger partial charge is 0.397 e. The molecular formula is C13H18N4. The maximum atomic E-state index is 6.13. The molecule has 1 aliphatic heterocycles. The molecule has 90 valence electrons. The highest BCUT2D eigenvalue weighted by Crippen LogP contribution is 2.31. The molecule has 0 aliphatic carbocycles. The van der Waals surface area contributed by atoms with Gasteiger partial charge in [-0.3, -0.25) is 5.10 Å². The Balaban J connectivity index is 1.96. The van der Waals surface area contributed by atoms with Crippen LogP contribution in [0, 0.1) is 5.92 Å². The molecule has 0 radical (unpaired) electrons. The molecule has 1 aliphatic rings. The van der Waals surface area contributed by atoms with Crippen molar-refractivity contribution < 1.29 is 0 Å². The van der Waals surface area contributed by atoms with Crippen molar-refractivity contribution in [2.45, 2.75) is 19.8 Å². The summed E-state index contributed by atoms with van der Waals surface area (Å²) in [5.41, 5.74) is 9.19. The Morgan fingerprint density at radius 2 is 2.12 bits per heavy atom. The fourth-order valence-corrected chi connectivity index (χ4v) is 2.52. The lowest BCUT2D eigenvalue weighted by atomic mass is 9.98. The van der Waals surface area contributed by atoms with Crippen molar-refractivity contribution in [1.29, 1.82) is 0 Å². The molecule has 1 fully saturated rings. The van der Waals surface area contributed by atoms with E-state index in [0.29, 0.717) is 0 Å². The average molecular weight is 230 g/mol. The van der Waals surface area contributed by atoms with Crippen molar-refractivity contribution in [1.82, 2.24) is 10.2 Å². The van der Waals surface area contributed by atoms with Crippen molar-refractivity contribution >= 4 is 22.3 Å². The fourth-order valence-electron chi connectivity index (χ4n) is 2.52.